The zero-order valence-corrected chi connectivity index (χ0v) is 20.3. The first-order chi connectivity index (χ1) is 18.5. The van der Waals surface area contributed by atoms with Crippen LogP contribution in [0.2, 0.25) is 0 Å². The van der Waals surface area contributed by atoms with Crippen molar-refractivity contribution in [2.24, 2.45) is 5.41 Å². The highest BCUT2D eigenvalue weighted by atomic mass is 19.1. The first kappa shape index (κ1) is 22.5. The molecular weight excluding hydrogens is 477 g/mol. The monoisotopic (exact) mass is 499 g/mol. The van der Waals surface area contributed by atoms with Crippen molar-refractivity contribution < 1.29 is 18.8 Å². The van der Waals surface area contributed by atoms with Crippen molar-refractivity contribution in [3.8, 4) is 0 Å². The number of benzene rings is 4. The maximum atomic E-state index is 15.1. The number of Topliss-reactive ketones (excluding diaryl/α,β-unsaturated/α-hetero) is 3. The summed E-state index contributed by atoms with van der Waals surface area (Å²) in [7, 11) is 0. The number of anilines is 1. The third-order valence-electron chi connectivity index (χ3n) is 8.28. The molecule has 3 aliphatic rings. The van der Waals surface area contributed by atoms with E-state index in [1.54, 1.807) is 36.4 Å². The van der Waals surface area contributed by atoms with Crippen molar-refractivity contribution in [3.63, 3.8) is 0 Å². The van der Waals surface area contributed by atoms with Gasteiger partial charge < -0.3 is 4.90 Å². The van der Waals surface area contributed by atoms with Gasteiger partial charge in [-0.15, -0.1) is 0 Å². The maximum Gasteiger partial charge on any atom is 0.188 e. The summed E-state index contributed by atoms with van der Waals surface area (Å²) in [6.45, 7) is 0. The molecule has 7 rings (SSSR count). The van der Waals surface area contributed by atoms with Crippen LogP contribution in [0.25, 0.3) is 6.08 Å². The van der Waals surface area contributed by atoms with Gasteiger partial charge in [0.25, 0.3) is 0 Å². The largest absolute Gasteiger partial charge is 0.352 e. The summed E-state index contributed by atoms with van der Waals surface area (Å²) in [6, 6.07) is 27.9. The van der Waals surface area contributed by atoms with Gasteiger partial charge in [-0.25, -0.2) is 4.39 Å². The van der Waals surface area contributed by atoms with Crippen LogP contribution >= 0.6 is 0 Å². The molecular formula is C33H22FNO3. The molecule has 4 aromatic rings. The average Bonchev–Trinajstić information content (AvgIpc) is 3.40. The predicted octanol–water partition coefficient (Wildman–Crippen LogP) is 6.14. The average molecular weight is 500 g/mol. The zero-order chi connectivity index (χ0) is 26.0. The number of ketones is 3. The molecule has 38 heavy (non-hydrogen) atoms. The molecule has 0 radical (unpaired) electrons. The lowest BCUT2D eigenvalue weighted by molar-refractivity contribution is 0.0666. The number of nitrogens with zero attached hydrogens (tertiary/aromatic N) is 1. The third-order valence-corrected chi connectivity index (χ3v) is 8.28. The lowest BCUT2D eigenvalue weighted by Gasteiger charge is -2.37. The molecule has 1 aliphatic carbocycles. The van der Waals surface area contributed by atoms with Gasteiger partial charge >= 0.3 is 0 Å². The summed E-state index contributed by atoms with van der Waals surface area (Å²) >= 11 is 0. The Morgan fingerprint density at radius 2 is 1.34 bits per heavy atom. The SMILES string of the molecule is O=C(c1ccccc1F)C1C(c2ccccc2)C2(C(=O)c3ccccc3C2=O)C2C=Cc3ccccc3N12. The van der Waals surface area contributed by atoms with Crippen molar-refractivity contribution in [1.82, 2.24) is 0 Å². The minimum Gasteiger partial charge on any atom is -0.352 e. The van der Waals surface area contributed by atoms with E-state index in [-0.39, 0.29) is 17.1 Å². The molecule has 1 saturated heterocycles. The molecule has 0 amide bonds. The Hall–Kier alpha value is -4.64. The summed E-state index contributed by atoms with van der Waals surface area (Å²) < 4.78 is 15.1. The van der Waals surface area contributed by atoms with Crippen molar-refractivity contribution in [2.75, 3.05) is 4.90 Å². The van der Waals surface area contributed by atoms with Crippen LogP contribution in [0.1, 0.15) is 48.1 Å². The topological polar surface area (TPSA) is 54.5 Å². The Morgan fingerprint density at radius 3 is 2.05 bits per heavy atom. The third kappa shape index (κ3) is 2.81. The van der Waals surface area contributed by atoms with E-state index in [1.165, 1.54) is 12.1 Å². The van der Waals surface area contributed by atoms with Gasteiger partial charge in [0.2, 0.25) is 0 Å². The number of halogens is 1. The van der Waals surface area contributed by atoms with E-state index in [0.29, 0.717) is 16.7 Å². The highest BCUT2D eigenvalue weighted by Crippen LogP contribution is 2.60. The molecule has 1 spiro atoms. The van der Waals surface area contributed by atoms with E-state index in [4.69, 9.17) is 0 Å². The molecule has 4 aromatic carbocycles. The number of fused-ring (bicyclic) bond motifs is 5. The quantitative estimate of drug-likeness (QED) is 0.251. The fourth-order valence-corrected chi connectivity index (χ4v) is 6.77. The van der Waals surface area contributed by atoms with Gasteiger partial charge in [-0.2, -0.15) is 0 Å². The fourth-order valence-electron chi connectivity index (χ4n) is 6.77. The lowest BCUT2D eigenvalue weighted by atomic mass is 9.64. The Morgan fingerprint density at radius 1 is 0.737 bits per heavy atom. The van der Waals surface area contributed by atoms with Crippen molar-refractivity contribution in [1.29, 1.82) is 0 Å². The summed E-state index contributed by atoms with van der Waals surface area (Å²) in [5.74, 6) is -2.52. The predicted molar refractivity (Wildman–Crippen MR) is 143 cm³/mol. The second-order valence-electron chi connectivity index (χ2n) is 10.0. The smallest absolute Gasteiger partial charge is 0.188 e. The second-order valence-corrected chi connectivity index (χ2v) is 10.0. The van der Waals surface area contributed by atoms with E-state index < -0.39 is 35.0 Å². The molecule has 3 unspecified atom stereocenters. The summed E-state index contributed by atoms with van der Waals surface area (Å²) in [5.41, 5.74) is 1.39. The number of hydrogen-bond donors (Lipinski definition) is 0. The van der Waals surface area contributed by atoms with Crippen molar-refractivity contribution in [3.05, 3.63) is 143 Å². The van der Waals surface area contributed by atoms with Crippen LogP contribution in [-0.4, -0.2) is 29.4 Å². The van der Waals surface area contributed by atoms with Gasteiger partial charge in [0, 0.05) is 22.7 Å². The summed E-state index contributed by atoms with van der Waals surface area (Å²) in [5, 5.41) is 0. The zero-order valence-electron chi connectivity index (χ0n) is 20.3. The molecule has 0 aromatic heterocycles. The molecule has 1 fully saturated rings. The van der Waals surface area contributed by atoms with Gasteiger partial charge in [-0.1, -0.05) is 97.1 Å². The van der Waals surface area contributed by atoms with E-state index >= 15 is 4.39 Å². The lowest BCUT2D eigenvalue weighted by Crippen LogP contribution is -2.48. The van der Waals surface area contributed by atoms with E-state index in [1.807, 2.05) is 71.6 Å². The summed E-state index contributed by atoms with van der Waals surface area (Å²) in [4.78, 5) is 45.3. The molecule has 2 aliphatic heterocycles. The number of rotatable bonds is 3. The van der Waals surface area contributed by atoms with Crippen LogP contribution in [-0.2, 0) is 0 Å². The van der Waals surface area contributed by atoms with Crippen LogP contribution in [0, 0.1) is 11.2 Å². The standard InChI is InChI=1S/C33H22FNO3/c34-25-16-8-7-15-24(25)30(36)29-28(21-11-2-1-3-12-21)33(31(37)22-13-5-6-14-23(22)32(33)38)27-19-18-20-10-4-9-17-26(20)35(27)29/h1-19,27-29H. The van der Waals surface area contributed by atoms with Gasteiger partial charge in [-0.3, -0.25) is 14.4 Å². The van der Waals surface area contributed by atoms with Gasteiger partial charge in [0.05, 0.1) is 11.6 Å². The first-order valence-electron chi connectivity index (χ1n) is 12.6. The molecule has 0 N–H and O–H groups in total. The molecule has 3 atom stereocenters. The molecule has 5 heteroatoms. The minimum absolute atomic E-state index is 0.0586. The Kier molecular flexibility index (Phi) is 4.86. The molecule has 2 heterocycles. The van der Waals surface area contributed by atoms with Crippen molar-refractivity contribution >= 4 is 29.1 Å². The number of para-hydroxylation sites is 1. The Balaban J connectivity index is 1.56. The summed E-state index contributed by atoms with van der Waals surface area (Å²) in [6.07, 6.45) is 3.79. The van der Waals surface area contributed by atoms with Crippen LogP contribution in [0.15, 0.2) is 109 Å². The minimum atomic E-state index is -1.58. The maximum absolute atomic E-state index is 15.1. The number of carbonyl (C=O) groups excluding carboxylic acids is 3. The van der Waals surface area contributed by atoms with E-state index in [9.17, 15) is 14.4 Å². The van der Waals surface area contributed by atoms with Gasteiger partial charge in [-0.05, 0) is 29.3 Å². The molecule has 0 bridgehead atoms. The molecule has 4 nitrogen and oxygen atoms in total. The highest BCUT2D eigenvalue weighted by molar-refractivity contribution is 6.32. The Bertz CT molecular complexity index is 1640. The van der Waals surface area contributed by atoms with Crippen LogP contribution in [0.4, 0.5) is 10.1 Å². The highest BCUT2D eigenvalue weighted by Gasteiger charge is 2.71. The molecule has 0 saturated carbocycles. The first-order valence-corrected chi connectivity index (χ1v) is 12.6. The van der Waals surface area contributed by atoms with Crippen LogP contribution < -0.4 is 4.90 Å². The van der Waals surface area contributed by atoms with Crippen LogP contribution in [0.3, 0.4) is 0 Å². The second kappa shape index (κ2) is 8.18. The van der Waals surface area contributed by atoms with Crippen LogP contribution in [0.5, 0.6) is 0 Å². The number of carbonyl (C=O) groups is 3. The van der Waals surface area contributed by atoms with Gasteiger partial charge in [0.1, 0.15) is 17.3 Å². The fraction of sp³-hybridized carbons (Fsp3) is 0.121. The Labute approximate surface area is 219 Å². The molecule has 184 valence electrons. The van der Waals surface area contributed by atoms with E-state index in [2.05, 4.69) is 0 Å². The van der Waals surface area contributed by atoms with E-state index in [0.717, 1.165) is 11.3 Å². The normalized spacial score (nSPS) is 22.3. The number of hydrogen-bond acceptors (Lipinski definition) is 4. The van der Waals surface area contributed by atoms with Gasteiger partial charge in [0.15, 0.2) is 17.3 Å². The van der Waals surface area contributed by atoms with Crippen molar-refractivity contribution in [2.45, 2.75) is 18.0 Å².